The second kappa shape index (κ2) is 32.8. The van der Waals surface area contributed by atoms with Crippen molar-refractivity contribution in [3.8, 4) is 0 Å². The molecule has 0 aliphatic rings. The Morgan fingerprint density at radius 3 is 0.773 bits per heavy atom. The van der Waals surface area contributed by atoms with Crippen molar-refractivity contribution in [1.82, 2.24) is 0 Å². The molecule has 4 nitrogen and oxygen atoms in total. The summed E-state index contributed by atoms with van der Waals surface area (Å²) in [5, 5.41) is 0. The first kappa shape index (κ1) is 43.9. The Morgan fingerprint density at radius 1 is 0.341 bits per heavy atom. The molecule has 0 fully saturated rings. The highest BCUT2D eigenvalue weighted by Crippen LogP contribution is 2.21. The molecule has 0 aliphatic carbocycles. The molecule has 0 amide bonds. The van der Waals surface area contributed by atoms with Crippen LogP contribution in [0, 0.1) is 0 Å². The van der Waals surface area contributed by atoms with E-state index in [1.54, 1.807) is 0 Å². The molecule has 266 valence electrons. The van der Waals surface area contributed by atoms with E-state index >= 15 is 0 Å². The van der Waals surface area contributed by atoms with E-state index in [1.807, 2.05) is 0 Å². The van der Waals surface area contributed by atoms with E-state index in [9.17, 15) is 13.0 Å². The van der Waals surface area contributed by atoms with Crippen molar-refractivity contribution in [3.05, 3.63) is 0 Å². The summed E-state index contributed by atoms with van der Waals surface area (Å²) in [6, 6.07) is 0. The number of nitrogens with zero attached hydrogens (tertiary/aromatic N) is 1. The van der Waals surface area contributed by atoms with Crippen molar-refractivity contribution in [2.75, 3.05) is 31.9 Å². The second-order valence-electron chi connectivity index (χ2n) is 14.4. The van der Waals surface area contributed by atoms with Gasteiger partial charge in [0.05, 0.1) is 31.9 Å². The van der Waals surface area contributed by atoms with E-state index in [0.717, 1.165) is 11.0 Å². The normalized spacial score (nSPS) is 12.4. The summed E-state index contributed by atoms with van der Waals surface area (Å²) in [7, 11) is -3.89. The fourth-order valence-corrected chi connectivity index (χ4v) is 7.55. The van der Waals surface area contributed by atoms with Gasteiger partial charge in [-0.3, -0.25) is 4.55 Å². The van der Waals surface area contributed by atoms with Crippen LogP contribution in [-0.4, -0.2) is 49.4 Å². The lowest BCUT2D eigenvalue weighted by atomic mass is 10.0. The first-order valence-electron chi connectivity index (χ1n) is 20.2. The lowest BCUT2D eigenvalue weighted by molar-refractivity contribution is -0.928. The van der Waals surface area contributed by atoms with Crippen LogP contribution in [0.5, 0.6) is 0 Å². The third kappa shape index (κ3) is 31.8. The van der Waals surface area contributed by atoms with Crippen LogP contribution in [0.25, 0.3) is 0 Å². The zero-order chi connectivity index (χ0) is 32.5. The van der Waals surface area contributed by atoms with E-state index in [1.165, 1.54) is 212 Å². The van der Waals surface area contributed by atoms with Crippen molar-refractivity contribution in [2.45, 2.75) is 220 Å². The van der Waals surface area contributed by atoms with E-state index in [2.05, 4.69) is 20.8 Å². The molecule has 0 aliphatic heterocycles. The Labute approximate surface area is 278 Å². The zero-order valence-corrected chi connectivity index (χ0v) is 31.4. The van der Waals surface area contributed by atoms with Gasteiger partial charge in [0.1, 0.15) is 0 Å². The molecule has 0 saturated carbocycles. The predicted molar refractivity (Wildman–Crippen MR) is 196 cm³/mol. The predicted octanol–water partition coefficient (Wildman–Crippen LogP) is 12.8. The number of hydrogen-bond acceptors (Lipinski definition) is 2. The summed E-state index contributed by atoms with van der Waals surface area (Å²) in [6.07, 6.45) is 41.3. The summed E-state index contributed by atoms with van der Waals surface area (Å²) in [4.78, 5) is 0. The van der Waals surface area contributed by atoms with Gasteiger partial charge in [-0.1, -0.05) is 175 Å². The van der Waals surface area contributed by atoms with E-state index < -0.39 is 10.1 Å². The van der Waals surface area contributed by atoms with E-state index in [0.29, 0.717) is 6.42 Å². The molecule has 0 aromatic heterocycles. The first-order chi connectivity index (χ1) is 21.4. The van der Waals surface area contributed by atoms with Gasteiger partial charge in [0.15, 0.2) is 0 Å². The molecule has 1 N–H and O–H groups in total. The maximum absolute atomic E-state index is 11.6. The smallest absolute Gasteiger partial charge is 0.265 e. The number of unbranched alkanes of at least 4 members (excludes halogenated alkanes) is 27. The van der Waals surface area contributed by atoms with Crippen molar-refractivity contribution < 1.29 is 17.5 Å². The van der Waals surface area contributed by atoms with E-state index in [4.69, 9.17) is 0 Å². The minimum Gasteiger partial charge on any atom is -0.324 e. The van der Waals surface area contributed by atoms with Crippen LogP contribution >= 0.6 is 0 Å². The molecule has 0 atom stereocenters. The highest BCUT2D eigenvalue weighted by atomic mass is 32.2. The minimum atomic E-state index is -3.89. The van der Waals surface area contributed by atoms with Gasteiger partial charge in [-0.05, 0) is 38.5 Å². The Bertz CT molecular complexity index is 606. The fraction of sp³-hybridized carbons (Fsp3) is 1.00. The topological polar surface area (TPSA) is 54.4 Å². The number of quaternary nitrogens is 1. The molecule has 0 bridgehead atoms. The minimum absolute atomic E-state index is 0.0822. The molecule has 0 heterocycles. The fourth-order valence-electron chi connectivity index (χ4n) is 7.06. The van der Waals surface area contributed by atoms with Crippen molar-refractivity contribution >= 4 is 10.1 Å². The standard InChI is InChI=1S/C39H81NO3S/c1-4-7-10-13-16-19-22-25-28-31-35-40(38-34-39-44(41,42)43,36-32-29-26-23-20-17-14-11-8-5-2)37-33-30-27-24-21-18-15-12-9-6-3/h4-39H2,1-3H3/p+1. The highest BCUT2D eigenvalue weighted by Gasteiger charge is 2.26. The molecule has 0 spiro atoms. The van der Waals surface area contributed by atoms with E-state index in [-0.39, 0.29) is 5.75 Å². The Hall–Kier alpha value is -0.130. The number of hydrogen-bond donors (Lipinski definition) is 1. The first-order valence-corrected chi connectivity index (χ1v) is 21.8. The van der Waals surface area contributed by atoms with Gasteiger partial charge in [-0.25, -0.2) is 0 Å². The SMILES string of the molecule is CCCCCCCCCCCC[N+](CCCCCCCCCCCC)(CCCCCCCCCCCC)CCCS(=O)(=O)O. The largest absolute Gasteiger partial charge is 0.324 e. The van der Waals surface area contributed by atoms with Gasteiger partial charge in [-0.2, -0.15) is 8.42 Å². The molecule has 44 heavy (non-hydrogen) atoms. The molecular weight excluding hydrogens is 563 g/mol. The van der Waals surface area contributed by atoms with Gasteiger partial charge < -0.3 is 4.48 Å². The van der Waals surface area contributed by atoms with Crippen LogP contribution in [-0.2, 0) is 10.1 Å². The van der Waals surface area contributed by atoms with Crippen LogP contribution in [0.2, 0.25) is 0 Å². The third-order valence-corrected chi connectivity index (χ3v) is 10.8. The highest BCUT2D eigenvalue weighted by molar-refractivity contribution is 7.85. The van der Waals surface area contributed by atoms with Crippen LogP contribution < -0.4 is 0 Å². The summed E-state index contributed by atoms with van der Waals surface area (Å²) in [6.45, 7) is 11.3. The molecule has 0 aromatic rings. The van der Waals surface area contributed by atoms with Crippen LogP contribution in [0.3, 0.4) is 0 Å². The summed E-state index contributed by atoms with van der Waals surface area (Å²) in [5.41, 5.74) is 0. The van der Waals surface area contributed by atoms with Crippen molar-refractivity contribution in [2.24, 2.45) is 0 Å². The summed E-state index contributed by atoms with van der Waals surface area (Å²) < 4.78 is 33.8. The lowest BCUT2D eigenvalue weighted by Crippen LogP contribution is -2.51. The van der Waals surface area contributed by atoms with Crippen LogP contribution in [0.4, 0.5) is 0 Å². The average Bonchev–Trinajstić information content (AvgIpc) is 2.99. The van der Waals surface area contributed by atoms with Crippen LogP contribution in [0.15, 0.2) is 0 Å². The maximum atomic E-state index is 11.6. The Morgan fingerprint density at radius 2 is 0.545 bits per heavy atom. The van der Waals surface area contributed by atoms with Crippen molar-refractivity contribution in [3.63, 3.8) is 0 Å². The van der Waals surface area contributed by atoms with Gasteiger partial charge >= 0.3 is 0 Å². The molecule has 0 unspecified atom stereocenters. The molecule has 0 saturated heterocycles. The Kier molecular flexibility index (Phi) is 32.7. The maximum Gasteiger partial charge on any atom is 0.265 e. The van der Waals surface area contributed by atoms with Gasteiger partial charge in [0.2, 0.25) is 0 Å². The van der Waals surface area contributed by atoms with Crippen LogP contribution in [0.1, 0.15) is 220 Å². The summed E-state index contributed by atoms with van der Waals surface area (Å²) >= 11 is 0. The lowest BCUT2D eigenvalue weighted by Gasteiger charge is -2.39. The van der Waals surface area contributed by atoms with Gasteiger partial charge in [-0.15, -0.1) is 0 Å². The monoisotopic (exact) mass is 645 g/mol. The number of rotatable bonds is 37. The molecule has 5 heteroatoms. The molecule has 0 aromatic carbocycles. The quantitative estimate of drug-likeness (QED) is 0.0416. The zero-order valence-electron chi connectivity index (χ0n) is 30.6. The van der Waals surface area contributed by atoms with Crippen molar-refractivity contribution in [1.29, 1.82) is 0 Å². The third-order valence-electron chi connectivity index (χ3n) is 9.99. The molecular formula is C39H82NO3S+. The molecule has 0 rings (SSSR count). The second-order valence-corrected chi connectivity index (χ2v) is 16.0. The summed E-state index contributed by atoms with van der Waals surface area (Å²) in [5.74, 6) is -0.0822. The Balaban J connectivity index is 4.80. The average molecular weight is 645 g/mol. The van der Waals surface area contributed by atoms with Gasteiger partial charge in [0, 0.05) is 6.42 Å². The van der Waals surface area contributed by atoms with Gasteiger partial charge in [0.25, 0.3) is 10.1 Å². The molecule has 0 radical (unpaired) electrons.